The van der Waals surface area contributed by atoms with Gasteiger partial charge in [0.05, 0.1) is 5.38 Å². The molecule has 0 spiro atoms. The molecule has 0 aliphatic carbocycles. The van der Waals surface area contributed by atoms with Gasteiger partial charge in [0.2, 0.25) is 0 Å². The number of rotatable bonds is 3. The van der Waals surface area contributed by atoms with Crippen molar-refractivity contribution in [3.63, 3.8) is 0 Å². The lowest BCUT2D eigenvalue weighted by Crippen LogP contribution is -1.99. The summed E-state index contributed by atoms with van der Waals surface area (Å²) < 4.78 is 26.9. The van der Waals surface area contributed by atoms with Crippen LogP contribution in [0, 0.1) is 11.6 Å². The predicted octanol–water partition coefficient (Wildman–Crippen LogP) is 5.42. The number of hydrogen-bond acceptors (Lipinski definition) is 0. The number of hydrogen-bond donors (Lipinski definition) is 0. The van der Waals surface area contributed by atoms with Crippen LogP contribution in [-0.2, 0) is 0 Å². The minimum atomic E-state index is -0.879. The molecule has 0 N–H and O–H groups in total. The van der Waals surface area contributed by atoms with E-state index < -0.39 is 17.0 Å². The maximum Gasteiger partial charge on any atom is 0.163 e. The summed E-state index contributed by atoms with van der Waals surface area (Å²) >= 11 is 6.23. The monoisotopic (exact) mass is 280 g/mol. The molecule has 0 aliphatic heterocycles. The second-order valence-corrected chi connectivity index (χ2v) is 5.26. The molecule has 0 aliphatic rings. The van der Waals surface area contributed by atoms with Crippen molar-refractivity contribution in [3.8, 4) is 0 Å². The highest BCUT2D eigenvalue weighted by molar-refractivity contribution is 6.22. The van der Waals surface area contributed by atoms with Gasteiger partial charge in [-0.1, -0.05) is 50.2 Å². The average Bonchev–Trinajstić information content (AvgIpc) is 2.41. The van der Waals surface area contributed by atoms with Gasteiger partial charge >= 0.3 is 0 Å². The van der Waals surface area contributed by atoms with Crippen molar-refractivity contribution in [2.75, 3.05) is 0 Å². The predicted molar refractivity (Wildman–Crippen MR) is 74.6 cm³/mol. The quantitative estimate of drug-likeness (QED) is 0.659. The molecule has 0 bridgehead atoms. The average molecular weight is 281 g/mol. The van der Waals surface area contributed by atoms with Crippen molar-refractivity contribution < 1.29 is 8.78 Å². The molecule has 0 amide bonds. The standard InChI is InChI=1S/C16H15ClF2/c1-10(2)11-6-8-12(9-7-11)15(17)13-4-3-5-14(18)16(13)19/h3-10,15H,1-2H3. The van der Waals surface area contributed by atoms with Crippen LogP contribution < -0.4 is 0 Å². The molecule has 100 valence electrons. The number of benzene rings is 2. The van der Waals surface area contributed by atoms with E-state index in [4.69, 9.17) is 11.6 Å². The summed E-state index contributed by atoms with van der Waals surface area (Å²) in [6, 6.07) is 11.7. The largest absolute Gasteiger partial charge is 0.204 e. The molecule has 0 aromatic heterocycles. The lowest BCUT2D eigenvalue weighted by molar-refractivity contribution is 0.500. The van der Waals surface area contributed by atoms with E-state index in [-0.39, 0.29) is 5.56 Å². The van der Waals surface area contributed by atoms with Gasteiger partial charge in [0, 0.05) is 5.56 Å². The van der Waals surface area contributed by atoms with E-state index >= 15 is 0 Å². The highest BCUT2D eigenvalue weighted by atomic mass is 35.5. The van der Waals surface area contributed by atoms with Gasteiger partial charge in [-0.3, -0.25) is 0 Å². The van der Waals surface area contributed by atoms with Crippen LogP contribution in [0.15, 0.2) is 42.5 Å². The summed E-state index contributed by atoms with van der Waals surface area (Å²) in [6.45, 7) is 4.19. The highest BCUT2D eigenvalue weighted by Gasteiger charge is 2.17. The minimum absolute atomic E-state index is 0.166. The molecular weight excluding hydrogens is 266 g/mol. The summed E-state index contributed by atoms with van der Waals surface area (Å²) in [5.74, 6) is -1.33. The zero-order chi connectivity index (χ0) is 14.0. The molecule has 1 atom stereocenters. The third-order valence-corrected chi connectivity index (χ3v) is 3.64. The van der Waals surface area contributed by atoms with Crippen LogP contribution in [0.1, 0.15) is 41.8 Å². The molecule has 0 saturated carbocycles. The van der Waals surface area contributed by atoms with E-state index in [9.17, 15) is 8.78 Å². The molecule has 0 nitrogen and oxygen atoms in total. The van der Waals surface area contributed by atoms with Gasteiger partial charge < -0.3 is 0 Å². The van der Waals surface area contributed by atoms with Crippen LogP contribution in [0.3, 0.4) is 0 Å². The first-order valence-corrected chi connectivity index (χ1v) is 6.62. The molecule has 2 rings (SSSR count). The van der Waals surface area contributed by atoms with E-state index in [0.29, 0.717) is 5.92 Å². The van der Waals surface area contributed by atoms with Crippen LogP contribution in [0.4, 0.5) is 8.78 Å². The van der Waals surface area contributed by atoms with Crippen molar-refractivity contribution in [2.24, 2.45) is 0 Å². The van der Waals surface area contributed by atoms with Crippen LogP contribution in [0.2, 0.25) is 0 Å². The third-order valence-electron chi connectivity index (χ3n) is 3.15. The molecule has 19 heavy (non-hydrogen) atoms. The van der Waals surface area contributed by atoms with Crippen molar-refractivity contribution in [2.45, 2.75) is 25.1 Å². The van der Waals surface area contributed by atoms with E-state index in [2.05, 4.69) is 13.8 Å². The molecule has 1 unspecified atom stereocenters. The summed E-state index contributed by atoms with van der Waals surface area (Å²) in [5.41, 5.74) is 2.11. The Labute approximate surface area is 117 Å². The minimum Gasteiger partial charge on any atom is -0.204 e. The molecule has 0 fully saturated rings. The third kappa shape index (κ3) is 2.95. The molecule has 3 heteroatoms. The fourth-order valence-electron chi connectivity index (χ4n) is 1.95. The first kappa shape index (κ1) is 14.0. The van der Waals surface area contributed by atoms with Gasteiger partial charge in [-0.15, -0.1) is 11.6 Å². The van der Waals surface area contributed by atoms with Crippen LogP contribution in [0.25, 0.3) is 0 Å². The summed E-state index contributed by atoms with van der Waals surface area (Å²) in [6.07, 6.45) is 0. The van der Waals surface area contributed by atoms with E-state index in [1.807, 2.05) is 24.3 Å². The first-order valence-electron chi connectivity index (χ1n) is 6.18. The van der Waals surface area contributed by atoms with Crippen molar-refractivity contribution >= 4 is 11.6 Å². The Morgan fingerprint density at radius 3 is 2.05 bits per heavy atom. The van der Waals surface area contributed by atoms with Gasteiger partial charge in [0.15, 0.2) is 11.6 Å². The maximum absolute atomic E-state index is 13.7. The van der Waals surface area contributed by atoms with Crippen molar-refractivity contribution in [1.29, 1.82) is 0 Å². The van der Waals surface area contributed by atoms with Crippen LogP contribution in [0.5, 0.6) is 0 Å². The van der Waals surface area contributed by atoms with Crippen molar-refractivity contribution in [1.82, 2.24) is 0 Å². The van der Waals surface area contributed by atoms with Gasteiger partial charge in [0.25, 0.3) is 0 Å². The van der Waals surface area contributed by atoms with Gasteiger partial charge in [-0.05, 0) is 23.1 Å². The molecule has 2 aromatic rings. The summed E-state index contributed by atoms with van der Waals surface area (Å²) in [5, 5.41) is -0.683. The second kappa shape index (κ2) is 5.70. The Morgan fingerprint density at radius 1 is 0.895 bits per heavy atom. The molecular formula is C16H15ClF2. The van der Waals surface area contributed by atoms with Crippen molar-refractivity contribution in [3.05, 3.63) is 70.8 Å². The SMILES string of the molecule is CC(C)c1ccc(C(Cl)c2cccc(F)c2F)cc1. The first-order chi connectivity index (χ1) is 9.00. The Bertz CT molecular complexity index is 561. The van der Waals surface area contributed by atoms with E-state index in [0.717, 1.165) is 11.6 Å². The normalized spacial score (nSPS) is 12.7. The molecule has 0 heterocycles. The molecule has 2 aromatic carbocycles. The fraction of sp³-hybridized carbons (Fsp3) is 0.250. The fourth-order valence-corrected chi connectivity index (χ4v) is 2.26. The lowest BCUT2D eigenvalue weighted by atomic mass is 9.98. The second-order valence-electron chi connectivity index (χ2n) is 4.83. The zero-order valence-electron chi connectivity index (χ0n) is 10.8. The summed E-state index contributed by atoms with van der Waals surface area (Å²) in [4.78, 5) is 0. The smallest absolute Gasteiger partial charge is 0.163 e. The van der Waals surface area contributed by atoms with Gasteiger partial charge in [-0.25, -0.2) is 8.78 Å². The number of halogens is 3. The van der Waals surface area contributed by atoms with Gasteiger partial charge in [-0.2, -0.15) is 0 Å². The Balaban J connectivity index is 2.33. The Kier molecular flexibility index (Phi) is 4.20. The zero-order valence-corrected chi connectivity index (χ0v) is 11.6. The molecule has 0 radical (unpaired) electrons. The van der Waals surface area contributed by atoms with E-state index in [1.54, 1.807) is 0 Å². The maximum atomic E-state index is 13.7. The van der Waals surface area contributed by atoms with Crippen LogP contribution in [-0.4, -0.2) is 0 Å². The summed E-state index contributed by atoms with van der Waals surface area (Å²) in [7, 11) is 0. The number of alkyl halides is 1. The lowest BCUT2D eigenvalue weighted by Gasteiger charge is -2.13. The molecule has 0 saturated heterocycles. The highest BCUT2D eigenvalue weighted by Crippen LogP contribution is 2.32. The topological polar surface area (TPSA) is 0 Å². The van der Waals surface area contributed by atoms with E-state index in [1.165, 1.54) is 17.7 Å². The Morgan fingerprint density at radius 2 is 1.47 bits per heavy atom. The van der Waals surface area contributed by atoms with Crippen LogP contribution >= 0.6 is 11.6 Å². The van der Waals surface area contributed by atoms with Gasteiger partial charge in [0.1, 0.15) is 0 Å². The Hall–Kier alpha value is -1.41.